The average molecular weight is 334 g/mol. The molecule has 0 bridgehead atoms. The van der Waals surface area contributed by atoms with E-state index in [1.165, 1.54) is 6.07 Å². The van der Waals surface area contributed by atoms with E-state index in [4.69, 9.17) is 4.74 Å². The molecule has 4 nitrogen and oxygen atoms in total. The highest BCUT2D eigenvalue weighted by Gasteiger charge is 2.26. The van der Waals surface area contributed by atoms with E-state index in [0.29, 0.717) is 25.3 Å². The fourth-order valence-electron chi connectivity index (χ4n) is 2.65. The number of halogens is 1. The Hall–Kier alpha value is -1.69. The summed E-state index contributed by atoms with van der Waals surface area (Å²) >= 11 is 0. The van der Waals surface area contributed by atoms with Gasteiger partial charge >= 0.3 is 0 Å². The number of aliphatic hydroxyl groups excluding tert-OH is 1. The minimum absolute atomic E-state index is 0.0603. The largest absolute Gasteiger partial charge is 0.394 e. The first-order valence-corrected chi connectivity index (χ1v) is 8.20. The number of rotatable bonds is 9. The number of hydrogen-bond donors (Lipinski definition) is 1. The Balaban J connectivity index is 2.17. The lowest BCUT2D eigenvalue weighted by Gasteiger charge is -2.37. The highest BCUT2D eigenvalue weighted by molar-refractivity contribution is 5.19. The molecule has 0 atom stereocenters. The van der Waals surface area contributed by atoms with E-state index in [9.17, 15) is 9.50 Å². The van der Waals surface area contributed by atoms with Crippen molar-refractivity contribution in [2.45, 2.75) is 32.5 Å². The minimum atomic E-state index is -0.356. The molecule has 0 fully saturated rings. The minimum Gasteiger partial charge on any atom is -0.394 e. The molecule has 0 aliphatic carbocycles. The normalized spacial score (nSPS) is 12.1. The molecule has 132 valence electrons. The maximum Gasteiger partial charge on any atom is 0.128 e. The summed E-state index contributed by atoms with van der Waals surface area (Å²) in [4.78, 5) is 2.18. The molecule has 2 aromatic rings. The van der Waals surface area contributed by atoms with E-state index in [2.05, 4.69) is 4.90 Å². The number of aliphatic hydroxyl groups is 1. The van der Waals surface area contributed by atoms with Gasteiger partial charge in [0.2, 0.25) is 0 Å². The lowest BCUT2D eigenvalue weighted by atomic mass is 10.0. The number of benzene rings is 1. The first kappa shape index (κ1) is 18.6. The van der Waals surface area contributed by atoms with Gasteiger partial charge in [-0.1, -0.05) is 18.2 Å². The lowest BCUT2D eigenvalue weighted by molar-refractivity contribution is 0.0284. The lowest BCUT2D eigenvalue weighted by Crippen LogP contribution is -2.48. The monoisotopic (exact) mass is 334 g/mol. The molecule has 1 heterocycles. The first-order chi connectivity index (χ1) is 11.5. The quantitative estimate of drug-likeness (QED) is 0.766. The first-order valence-electron chi connectivity index (χ1n) is 8.20. The van der Waals surface area contributed by atoms with Gasteiger partial charge in [0.25, 0.3) is 0 Å². The summed E-state index contributed by atoms with van der Waals surface area (Å²) in [6.45, 7) is 6.54. The molecule has 0 amide bonds. The van der Waals surface area contributed by atoms with Crippen molar-refractivity contribution in [2.24, 2.45) is 0 Å². The third kappa shape index (κ3) is 4.66. The van der Waals surface area contributed by atoms with Crippen LogP contribution in [0.25, 0.3) is 0 Å². The van der Waals surface area contributed by atoms with Crippen molar-refractivity contribution in [3.05, 3.63) is 59.7 Å². The fraction of sp³-hybridized carbons (Fsp3) is 0.474. The Morgan fingerprint density at radius 2 is 1.96 bits per heavy atom. The van der Waals surface area contributed by atoms with Crippen molar-refractivity contribution in [3.8, 4) is 0 Å². The average Bonchev–Trinajstić information content (AvgIpc) is 3.00. The maximum atomic E-state index is 13.9. The topological polar surface area (TPSA) is 37.6 Å². The zero-order valence-corrected chi connectivity index (χ0v) is 14.7. The third-order valence-corrected chi connectivity index (χ3v) is 4.38. The van der Waals surface area contributed by atoms with Crippen LogP contribution in [0.1, 0.15) is 25.1 Å². The molecule has 0 saturated heterocycles. The van der Waals surface area contributed by atoms with E-state index in [1.54, 1.807) is 19.2 Å². The summed E-state index contributed by atoms with van der Waals surface area (Å²) in [5.41, 5.74) is 1.39. The van der Waals surface area contributed by atoms with Crippen LogP contribution in [-0.2, 0) is 17.8 Å². The molecule has 5 heteroatoms. The van der Waals surface area contributed by atoms with Crippen molar-refractivity contribution in [1.29, 1.82) is 0 Å². The molecule has 1 aromatic heterocycles. The molecular formula is C19H27FN2O2. The molecular weight excluding hydrogens is 307 g/mol. The number of hydrogen-bond acceptors (Lipinski definition) is 3. The molecule has 1 aromatic carbocycles. The molecule has 1 N–H and O–H groups in total. The van der Waals surface area contributed by atoms with Crippen LogP contribution in [0, 0.1) is 5.82 Å². The second-order valence-corrected chi connectivity index (χ2v) is 6.60. The maximum absolute atomic E-state index is 13.9. The summed E-state index contributed by atoms with van der Waals surface area (Å²) in [6, 6.07) is 10.8. The van der Waals surface area contributed by atoms with Crippen molar-refractivity contribution < 1.29 is 14.2 Å². The van der Waals surface area contributed by atoms with Crippen molar-refractivity contribution >= 4 is 0 Å². The van der Waals surface area contributed by atoms with Crippen LogP contribution in [0.5, 0.6) is 0 Å². The Morgan fingerprint density at radius 3 is 2.62 bits per heavy atom. The van der Waals surface area contributed by atoms with Crippen molar-refractivity contribution in [3.63, 3.8) is 0 Å². The van der Waals surface area contributed by atoms with Crippen molar-refractivity contribution in [2.75, 3.05) is 26.9 Å². The van der Waals surface area contributed by atoms with E-state index < -0.39 is 0 Å². The molecule has 0 spiro atoms. The van der Waals surface area contributed by atoms with Gasteiger partial charge in [0.05, 0.1) is 19.8 Å². The van der Waals surface area contributed by atoms with Crippen LogP contribution in [0.15, 0.2) is 42.6 Å². The Kier molecular flexibility index (Phi) is 6.54. The fourth-order valence-corrected chi connectivity index (χ4v) is 2.65. The molecule has 0 unspecified atom stereocenters. The molecule has 0 saturated carbocycles. The van der Waals surface area contributed by atoms with Crippen molar-refractivity contribution in [1.82, 2.24) is 9.47 Å². The van der Waals surface area contributed by atoms with Gasteiger partial charge in [-0.25, -0.2) is 4.39 Å². The molecule has 0 radical (unpaired) electrons. The zero-order valence-electron chi connectivity index (χ0n) is 14.7. The highest BCUT2D eigenvalue weighted by atomic mass is 19.1. The molecule has 0 aliphatic rings. The van der Waals surface area contributed by atoms with E-state index >= 15 is 0 Å². The molecule has 24 heavy (non-hydrogen) atoms. The SMILES string of the molecule is COCCN(Cc1cccn1Cc1ccccc1F)C(C)(C)CO. The number of nitrogens with zero attached hydrogens (tertiary/aromatic N) is 2. The van der Waals surface area contributed by atoms with Gasteiger partial charge in [0.15, 0.2) is 0 Å². The van der Waals surface area contributed by atoms with Gasteiger partial charge in [-0.3, -0.25) is 4.90 Å². The molecule has 2 rings (SSSR count). The van der Waals surface area contributed by atoms with Crippen LogP contribution in [0.3, 0.4) is 0 Å². The summed E-state index contributed by atoms with van der Waals surface area (Å²) in [7, 11) is 1.67. The summed E-state index contributed by atoms with van der Waals surface area (Å²) in [5.74, 6) is -0.191. The van der Waals surface area contributed by atoms with Crippen LogP contribution in [-0.4, -0.2) is 47.0 Å². The molecule has 0 aliphatic heterocycles. The van der Waals surface area contributed by atoms with E-state index in [1.807, 2.05) is 42.8 Å². The summed E-state index contributed by atoms with van der Waals surface area (Å²) in [5, 5.41) is 9.69. The highest BCUT2D eigenvalue weighted by Crippen LogP contribution is 2.19. The Bertz CT molecular complexity index is 640. The smallest absolute Gasteiger partial charge is 0.128 e. The summed E-state index contributed by atoms with van der Waals surface area (Å²) in [6.07, 6.45) is 1.96. The second kappa shape index (κ2) is 8.42. The predicted octanol–water partition coefficient (Wildman–Crippen LogP) is 2.89. The van der Waals surface area contributed by atoms with E-state index in [0.717, 1.165) is 12.2 Å². The number of aromatic nitrogens is 1. The van der Waals surface area contributed by atoms with Crippen LogP contribution >= 0.6 is 0 Å². The predicted molar refractivity (Wildman–Crippen MR) is 93.4 cm³/mol. The summed E-state index contributed by atoms with van der Waals surface area (Å²) < 4.78 is 21.2. The second-order valence-electron chi connectivity index (χ2n) is 6.60. The standard InChI is InChI=1S/C19H27FN2O2/c1-19(2,15-23)22(11-12-24-3)14-17-8-6-10-21(17)13-16-7-4-5-9-18(16)20/h4-10,23H,11-15H2,1-3H3. The van der Waals surface area contributed by atoms with E-state index in [-0.39, 0.29) is 18.0 Å². The number of methoxy groups -OCH3 is 1. The van der Waals surface area contributed by atoms with Gasteiger partial charge < -0.3 is 14.4 Å². The van der Waals surface area contributed by atoms with Gasteiger partial charge in [-0.15, -0.1) is 0 Å². The van der Waals surface area contributed by atoms with Crippen LogP contribution < -0.4 is 0 Å². The third-order valence-electron chi connectivity index (χ3n) is 4.38. The van der Waals surface area contributed by atoms with Gasteiger partial charge in [-0.2, -0.15) is 0 Å². The van der Waals surface area contributed by atoms with Gasteiger partial charge in [-0.05, 0) is 32.0 Å². The Labute approximate surface area is 143 Å². The van der Waals surface area contributed by atoms with Gasteiger partial charge in [0, 0.05) is 43.2 Å². The van der Waals surface area contributed by atoms with Crippen LogP contribution in [0.2, 0.25) is 0 Å². The number of ether oxygens (including phenoxy) is 1. The van der Waals surface area contributed by atoms with Gasteiger partial charge in [0.1, 0.15) is 5.82 Å². The van der Waals surface area contributed by atoms with Crippen LogP contribution in [0.4, 0.5) is 4.39 Å². The Morgan fingerprint density at radius 1 is 1.21 bits per heavy atom. The zero-order chi connectivity index (χ0) is 17.6.